The summed E-state index contributed by atoms with van der Waals surface area (Å²) in [5.41, 5.74) is 1.12. The predicted octanol–water partition coefficient (Wildman–Crippen LogP) is 0.347. The molecule has 1 heterocycles. The van der Waals surface area contributed by atoms with Crippen LogP contribution in [0.4, 0.5) is 5.95 Å². The van der Waals surface area contributed by atoms with Crippen molar-refractivity contribution in [2.75, 3.05) is 25.6 Å². The number of hydrogen-bond donors (Lipinski definition) is 2. The lowest BCUT2D eigenvalue weighted by Crippen LogP contribution is -2.31. The minimum absolute atomic E-state index is 0.165. The number of aromatic nitrogens is 2. The first-order valence-electron chi connectivity index (χ1n) is 5.62. The number of nitrogens with zero attached hydrogens (tertiary/aromatic N) is 3. The molecular formula is C11H22N4O. The highest BCUT2D eigenvalue weighted by molar-refractivity contribution is 5.30. The third-order valence-corrected chi connectivity index (χ3v) is 2.74. The zero-order valence-corrected chi connectivity index (χ0v) is 10.6. The number of aliphatic hydroxyl groups is 1. The first kappa shape index (κ1) is 13.0. The van der Waals surface area contributed by atoms with Crippen molar-refractivity contribution in [2.24, 2.45) is 7.05 Å². The molecule has 0 aliphatic carbocycles. The van der Waals surface area contributed by atoms with Crippen LogP contribution in [-0.2, 0) is 13.6 Å². The van der Waals surface area contributed by atoms with Crippen LogP contribution in [0.15, 0.2) is 6.20 Å². The molecule has 0 saturated heterocycles. The minimum atomic E-state index is 0.165. The molecule has 0 aromatic carbocycles. The van der Waals surface area contributed by atoms with E-state index < -0.39 is 0 Å². The minimum Gasteiger partial charge on any atom is -0.395 e. The van der Waals surface area contributed by atoms with Gasteiger partial charge in [-0.2, -0.15) is 0 Å². The predicted molar refractivity (Wildman–Crippen MR) is 65.5 cm³/mol. The van der Waals surface area contributed by atoms with Crippen LogP contribution in [0.25, 0.3) is 0 Å². The summed E-state index contributed by atoms with van der Waals surface area (Å²) in [4.78, 5) is 6.31. The summed E-state index contributed by atoms with van der Waals surface area (Å²) in [5.74, 6) is 0.939. The van der Waals surface area contributed by atoms with Gasteiger partial charge in [-0.05, 0) is 6.42 Å². The molecular weight excluding hydrogens is 204 g/mol. The lowest BCUT2D eigenvalue weighted by Gasteiger charge is -2.15. The van der Waals surface area contributed by atoms with Gasteiger partial charge in [-0.3, -0.25) is 0 Å². The lowest BCUT2D eigenvalue weighted by molar-refractivity contribution is 0.237. The molecule has 0 aliphatic heterocycles. The van der Waals surface area contributed by atoms with Gasteiger partial charge >= 0.3 is 0 Å². The first-order valence-corrected chi connectivity index (χ1v) is 5.62. The summed E-state index contributed by atoms with van der Waals surface area (Å²) < 4.78 is 2.05. The van der Waals surface area contributed by atoms with E-state index >= 15 is 0 Å². The monoisotopic (exact) mass is 226 g/mol. The Balaban J connectivity index is 2.61. The number of hydrogen-bond acceptors (Lipinski definition) is 4. The summed E-state index contributed by atoms with van der Waals surface area (Å²) >= 11 is 0. The van der Waals surface area contributed by atoms with Crippen molar-refractivity contribution in [2.45, 2.75) is 25.9 Å². The van der Waals surface area contributed by atoms with Gasteiger partial charge in [0.05, 0.1) is 18.5 Å². The molecule has 1 rings (SSSR count). The zero-order chi connectivity index (χ0) is 12.1. The molecule has 5 heteroatoms. The standard InChI is InChI=1S/C11H22N4O/c1-5-9(8-16)12-6-10-7-13-11(14(2)3)15(10)4/h7,9,12,16H,5-6,8H2,1-4H3. The maximum Gasteiger partial charge on any atom is 0.204 e. The molecule has 0 spiro atoms. The van der Waals surface area contributed by atoms with E-state index in [1.807, 2.05) is 32.2 Å². The summed E-state index contributed by atoms with van der Waals surface area (Å²) in [6.07, 6.45) is 2.79. The van der Waals surface area contributed by atoms with Crippen molar-refractivity contribution < 1.29 is 5.11 Å². The number of aliphatic hydroxyl groups excluding tert-OH is 1. The van der Waals surface area contributed by atoms with Crippen LogP contribution in [0.3, 0.4) is 0 Å². The molecule has 0 saturated carbocycles. The molecule has 1 unspecified atom stereocenters. The van der Waals surface area contributed by atoms with Crippen LogP contribution in [0.1, 0.15) is 19.0 Å². The van der Waals surface area contributed by atoms with E-state index in [0.717, 1.165) is 24.6 Å². The Bertz CT molecular complexity index is 318. The molecule has 1 atom stereocenters. The summed E-state index contributed by atoms with van der Waals surface area (Å²) in [6.45, 7) is 2.97. The van der Waals surface area contributed by atoms with Crippen LogP contribution < -0.4 is 10.2 Å². The topological polar surface area (TPSA) is 53.3 Å². The summed E-state index contributed by atoms with van der Waals surface area (Å²) in [6, 6.07) is 0.165. The molecule has 0 fully saturated rings. The van der Waals surface area contributed by atoms with E-state index in [2.05, 4.69) is 21.8 Å². The third kappa shape index (κ3) is 2.96. The van der Waals surface area contributed by atoms with Gasteiger partial charge in [0.1, 0.15) is 0 Å². The fourth-order valence-corrected chi connectivity index (χ4v) is 1.60. The fourth-order valence-electron chi connectivity index (χ4n) is 1.60. The lowest BCUT2D eigenvalue weighted by atomic mass is 10.2. The second kappa shape index (κ2) is 5.86. The van der Waals surface area contributed by atoms with E-state index in [1.165, 1.54) is 0 Å². The third-order valence-electron chi connectivity index (χ3n) is 2.74. The average molecular weight is 226 g/mol. The highest BCUT2D eigenvalue weighted by Gasteiger charge is 2.09. The summed E-state index contributed by atoms with van der Waals surface area (Å²) in [7, 11) is 5.95. The largest absolute Gasteiger partial charge is 0.395 e. The Hall–Kier alpha value is -1.07. The maximum atomic E-state index is 9.07. The van der Waals surface area contributed by atoms with Crippen molar-refractivity contribution >= 4 is 5.95 Å². The van der Waals surface area contributed by atoms with E-state index in [1.54, 1.807) is 0 Å². The van der Waals surface area contributed by atoms with Crippen molar-refractivity contribution in [3.63, 3.8) is 0 Å². The Morgan fingerprint density at radius 1 is 1.56 bits per heavy atom. The Labute approximate surface area is 97.1 Å². The molecule has 1 aromatic heterocycles. The van der Waals surface area contributed by atoms with E-state index in [4.69, 9.17) is 5.11 Å². The first-order chi connectivity index (χ1) is 7.60. The van der Waals surface area contributed by atoms with Gasteiger partial charge < -0.3 is 19.9 Å². The molecule has 2 N–H and O–H groups in total. The SMILES string of the molecule is CCC(CO)NCc1cnc(N(C)C)n1C. The van der Waals surface area contributed by atoms with Gasteiger partial charge in [0.2, 0.25) is 5.95 Å². The van der Waals surface area contributed by atoms with Crippen LogP contribution in [0.5, 0.6) is 0 Å². The Morgan fingerprint density at radius 2 is 2.25 bits per heavy atom. The van der Waals surface area contributed by atoms with Crippen molar-refractivity contribution in [1.29, 1.82) is 0 Å². The Morgan fingerprint density at radius 3 is 2.69 bits per heavy atom. The molecule has 16 heavy (non-hydrogen) atoms. The highest BCUT2D eigenvalue weighted by Crippen LogP contribution is 2.10. The van der Waals surface area contributed by atoms with Gasteiger partial charge in [0.15, 0.2) is 0 Å². The quantitative estimate of drug-likeness (QED) is 0.735. The van der Waals surface area contributed by atoms with Gasteiger partial charge in [-0.15, -0.1) is 0 Å². The van der Waals surface area contributed by atoms with Crippen molar-refractivity contribution in [3.05, 3.63) is 11.9 Å². The second-order valence-electron chi connectivity index (χ2n) is 4.17. The van der Waals surface area contributed by atoms with Gasteiger partial charge in [-0.25, -0.2) is 4.98 Å². The zero-order valence-electron chi connectivity index (χ0n) is 10.6. The fraction of sp³-hybridized carbons (Fsp3) is 0.727. The van der Waals surface area contributed by atoms with Gasteiger partial charge in [-0.1, -0.05) is 6.92 Å². The molecule has 0 amide bonds. The normalized spacial score (nSPS) is 12.8. The van der Waals surface area contributed by atoms with Crippen LogP contribution >= 0.6 is 0 Å². The molecule has 0 bridgehead atoms. The number of imidazole rings is 1. The molecule has 1 aromatic rings. The maximum absolute atomic E-state index is 9.07. The van der Waals surface area contributed by atoms with Crippen LogP contribution in [0.2, 0.25) is 0 Å². The van der Waals surface area contributed by atoms with Crippen LogP contribution in [-0.4, -0.2) is 41.4 Å². The van der Waals surface area contributed by atoms with Gasteiger partial charge in [0.25, 0.3) is 0 Å². The van der Waals surface area contributed by atoms with Gasteiger partial charge in [0, 0.05) is 33.7 Å². The smallest absolute Gasteiger partial charge is 0.204 e. The average Bonchev–Trinajstić information content (AvgIpc) is 2.62. The van der Waals surface area contributed by atoms with E-state index in [9.17, 15) is 0 Å². The molecule has 0 aliphatic rings. The molecule has 92 valence electrons. The van der Waals surface area contributed by atoms with E-state index in [0.29, 0.717) is 0 Å². The van der Waals surface area contributed by atoms with Crippen molar-refractivity contribution in [1.82, 2.24) is 14.9 Å². The number of anilines is 1. The second-order valence-corrected chi connectivity index (χ2v) is 4.17. The summed E-state index contributed by atoms with van der Waals surface area (Å²) in [5, 5.41) is 12.4. The van der Waals surface area contributed by atoms with Crippen molar-refractivity contribution in [3.8, 4) is 0 Å². The number of rotatable bonds is 6. The van der Waals surface area contributed by atoms with E-state index in [-0.39, 0.29) is 12.6 Å². The number of nitrogens with one attached hydrogen (secondary N) is 1. The molecule has 5 nitrogen and oxygen atoms in total. The molecule has 0 radical (unpaired) electrons. The highest BCUT2D eigenvalue weighted by atomic mass is 16.3. The Kier molecular flexibility index (Phi) is 4.76. The van der Waals surface area contributed by atoms with Crippen LogP contribution in [0, 0.1) is 0 Å².